The number of benzene rings is 2. The maximum absolute atomic E-state index is 13.2. The summed E-state index contributed by atoms with van der Waals surface area (Å²) in [5.41, 5.74) is 2.79. The zero-order valence-corrected chi connectivity index (χ0v) is 9.79. The Morgan fingerprint density at radius 3 is 2.32 bits per heavy atom. The van der Waals surface area contributed by atoms with E-state index >= 15 is 0 Å². The van der Waals surface area contributed by atoms with Crippen LogP contribution in [0.4, 0.5) is 20.2 Å². The summed E-state index contributed by atoms with van der Waals surface area (Å²) >= 11 is 0. The van der Waals surface area contributed by atoms with Crippen molar-refractivity contribution in [2.24, 2.45) is 15.3 Å². The lowest BCUT2D eigenvalue weighted by atomic mass is 10.3. The molecule has 6 heteroatoms. The minimum absolute atomic E-state index is 0.111. The predicted octanol–water partition coefficient (Wildman–Crippen LogP) is 4.10. The molecule has 0 spiro atoms. The first-order valence-electron chi connectivity index (χ1n) is 5.45. The molecule has 4 nitrogen and oxygen atoms in total. The Kier molecular flexibility index (Phi) is 4.28. The van der Waals surface area contributed by atoms with Crippen molar-refractivity contribution >= 4 is 17.7 Å². The highest BCUT2D eigenvalue weighted by Crippen LogP contribution is 2.16. The Labute approximate surface area is 108 Å². The molecular formula is C13H10F2N4. The third-order valence-corrected chi connectivity index (χ3v) is 2.19. The molecule has 1 N–H and O–H groups in total. The van der Waals surface area contributed by atoms with Gasteiger partial charge in [-0.25, -0.2) is 8.78 Å². The third-order valence-electron chi connectivity index (χ3n) is 2.19. The number of halogens is 2. The summed E-state index contributed by atoms with van der Waals surface area (Å²) in [4.78, 5) is 0. The van der Waals surface area contributed by atoms with E-state index in [-0.39, 0.29) is 11.4 Å². The molecule has 0 aromatic heterocycles. The van der Waals surface area contributed by atoms with Crippen molar-refractivity contribution in [3.63, 3.8) is 0 Å². The molecule has 0 heterocycles. The van der Waals surface area contributed by atoms with Crippen molar-refractivity contribution in [1.29, 1.82) is 0 Å². The second-order valence-electron chi connectivity index (χ2n) is 3.50. The van der Waals surface area contributed by atoms with Crippen LogP contribution in [0, 0.1) is 11.6 Å². The Morgan fingerprint density at radius 2 is 1.58 bits per heavy atom. The van der Waals surface area contributed by atoms with Crippen LogP contribution in [0.5, 0.6) is 0 Å². The largest absolute Gasteiger partial charge is 0.274 e. The average molecular weight is 260 g/mol. The van der Waals surface area contributed by atoms with Crippen molar-refractivity contribution in [3.8, 4) is 0 Å². The SMILES string of the molecule is Fc1ccccc1N=NC=NNc1ccccc1F. The van der Waals surface area contributed by atoms with Crippen LogP contribution in [0.1, 0.15) is 0 Å². The monoisotopic (exact) mass is 260 g/mol. The van der Waals surface area contributed by atoms with E-state index in [0.717, 1.165) is 6.34 Å². The van der Waals surface area contributed by atoms with Gasteiger partial charge in [0, 0.05) is 0 Å². The van der Waals surface area contributed by atoms with Gasteiger partial charge >= 0.3 is 0 Å². The first-order valence-corrected chi connectivity index (χ1v) is 5.45. The number of para-hydroxylation sites is 1. The van der Waals surface area contributed by atoms with Crippen LogP contribution in [0.15, 0.2) is 63.9 Å². The van der Waals surface area contributed by atoms with E-state index in [1.165, 1.54) is 24.3 Å². The van der Waals surface area contributed by atoms with Gasteiger partial charge in [0.05, 0.1) is 5.69 Å². The summed E-state index contributed by atoms with van der Waals surface area (Å²) < 4.78 is 26.3. The molecule has 0 aliphatic rings. The van der Waals surface area contributed by atoms with Crippen molar-refractivity contribution in [3.05, 3.63) is 60.2 Å². The number of nitrogens with zero attached hydrogens (tertiary/aromatic N) is 3. The molecule has 0 amide bonds. The zero-order chi connectivity index (χ0) is 13.5. The molecule has 0 unspecified atom stereocenters. The fourth-order valence-electron chi connectivity index (χ4n) is 1.30. The molecule has 0 bridgehead atoms. The maximum atomic E-state index is 13.2. The van der Waals surface area contributed by atoms with E-state index in [1.807, 2.05) is 0 Å². The number of hydrogen-bond acceptors (Lipinski definition) is 3. The van der Waals surface area contributed by atoms with E-state index < -0.39 is 11.6 Å². The van der Waals surface area contributed by atoms with Crippen LogP contribution < -0.4 is 5.43 Å². The predicted molar refractivity (Wildman–Crippen MR) is 69.4 cm³/mol. The number of nitrogens with one attached hydrogen (secondary N) is 1. The Balaban J connectivity index is 1.94. The molecule has 0 saturated carbocycles. The molecule has 0 saturated heterocycles. The first kappa shape index (κ1) is 12.8. The summed E-state index contributed by atoms with van der Waals surface area (Å²) in [5.74, 6) is -0.896. The van der Waals surface area contributed by atoms with Gasteiger partial charge in [0.15, 0.2) is 12.2 Å². The van der Waals surface area contributed by atoms with E-state index in [0.29, 0.717) is 0 Å². The van der Waals surface area contributed by atoms with E-state index in [2.05, 4.69) is 20.8 Å². The van der Waals surface area contributed by atoms with Crippen LogP contribution in [0.3, 0.4) is 0 Å². The van der Waals surface area contributed by atoms with Gasteiger partial charge in [-0.15, -0.1) is 10.2 Å². The van der Waals surface area contributed by atoms with Gasteiger partial charge < -0.3 is 0 Å². The van der Waals surface area contributed by atoms with Crippen molar-refractivity contribution < 1.29 is 8.78 Å². The number of rotatable bonds is 4. The van der Waals surface area contributed by atoms with E-state index in [1.54, 1.807) is 24.3 Å². The van der Waals surface area contributed by atoms with Crippen LogP contribution in [-0.4, -0.2) is 6.34 Å². The highest BCUT2D eigenvalue weighted by atomic mass is 19.1. The lowest BCUT2D eigenvalue weighted by Crippen LogP contribution is -1.91. The molecule has 2 rings (SSSR count). The van der Waals surface area contributed by atoms with Crippen LogP contribution in [0.25, 0.3) is 0 Å². The Morgan fingerprint density at radius 1 is 0.895 bits per heavy atom. The quantitative estimate of drug-likeness (QED) is 0.382. The lowest BCUT2D eigenvalue weighted by Gasteiger charge is -1.99. The van der Waals surface area contributed by atoms with Gasteiger partial charge in [0.25, 0.3) is 0 Å². The minimum atomic E-state index is -0.471. The Hall–Kier alpha value is -2.63. The molecule has 0 radical (unpaired) electrons. The summed E-state index contributed by atoms with van der Waals surface area (Å²) in [6, 6.07) is 12.0. The van der Waals surface area contributed by atoms with Gasteiger partial charge in [0.1, 0.15) is 11.5 Å². The Bertz CT molecular complexity index is 611. The van der Waals surface area contributed by atoms with Gasteiger partial charge in [-0.1, -0.05) is 24.3 Å². The molecule has 96 valence electrons. The molecule has 2 aromatic carbocycles. The van der Waals surface area contributed by atoms with Gasteiger partial charge in [-0.2, -0.15) is 5.10 Å². The minimum Gasteiger partial charge on any atom is -0.274 e. The van der Waals surface area contributed by atoms with E-state index in [4.69, 9.17) is 0 Å². The molecule has 2 aromatic rings. The fourth-order valence-corrected chi connectivity index (χ4v) is 1.30. The normalized spacial score (nSPS) is 11.3. The summed E-state index contributed by atoms with van der Waals surface area (Å²) in [6.45, 7) is 0. The van der Waals surface area contributed by atoms with Crippen molar-refractivity contribution in [1.82, 2.24) is 0 Å². The smallest absolute Gasteiger partial charge is 0.158 e. The summed E-state index contributed by atoms with van der Waals surface area (Å²) in [6.07, 6.45) is 1.07. The number of hydrogen-bond donors (Lipinski definition) is 1. The molecule has 0 atom stereocenters. The van der Waals surface area contributed by atoms with Gasteiger partial charge in [-0.05, 0) is 24.3 Å². The third kappa shape index (κ3) is 3.67. The molecule has 0 aliphatic heterocycles. The maximum Gasteiger partial charge on any atom is 0.158 e. The topological polar surface area (TPSA) is 49.1 Å². The zero-order valence-electron chi connectivity index (χ0n) is 9.79. The summed E-state index contributed by atoms with van der Waals surface area (Å²) in [7, 11) is 0. The number of anilines is 1. The highest BCUT2D eigenvalue weighted by Gasteiger charge is 1.97. The molecular weight excluding hydrogens is 250 g/mol. The molecule has 0 aliphatic carbocycles. The average Bonchev–Trinajstić information content (AvgIpc) is 2.42. The standard InChI is InChI=1S/C13H10F2N4/c14-10-5-1-3-7-12(10)18-16-9-17-19-13-8-4-2-6-11(13)15/h1-9,18H. The van der Waals surface area contributed by atoms with Crippen LogP contribution in [0.2, 0.25) is 0 Å². The first-order chi connectivity index (χ1) is 9.27. The van der Waals surface area contributed by atoms with Crippen LogP contribution >= 0.6 is 0 Å². The lowest BCUT2D eigenvalue weighted by molar-refractivity contribution is 0.628. The molecule has 19 heavy (non-hydrogen) atoms. The second-order valence-corrected chi connectivity index (χ2v) is 3.50. The number of azo groups is 1. The number of hydrazone groups is 1. The fraction of sp³-hybridized carbons (Fsp3) is 0. The van der Waals surface area contributed by atoms with Gasteiger partial charge in [0.2, 0.25) is 0 Å². The van der Waals surface area contributed by atoms with Crippen molar-refractivity contribution in [2.75, 3.05) is 5.43 Å². The second kappa shape index (κ2) is 6.34. The van der Waals surface area contributed by atoms with Crippen molar-refractivity contribution in [2.45, 2.75) is 0 Å². The van der Waals surface area contributed by atoms with E-state index in [9.17, 15) is 8.78 Å². The van der Waals surface area contributed by atoms with Gasteiger partial charge in [-0.3, -0.25) is 5.43 Å². The highest BCUT2D eigenvalue weighted by molar-refractivity contribution is 5.58. The summed E-state index contributed by atoms with van der Waals surface area (Å²) in [5, 5.41) is 10.8. The van der Waals surface area contributed by atoms with Crippen LogP contribution in [-0.2, 0) is 0 Å². The molecule has 0 fully saturated rings.